The lowest BCUT2D eigenvalue weighted by molar-refractivity contribution is -0.140. The van der Waals surface area contributed by atoms with E-state index in [-0.39, 0.29) is 37.5 Å². The Bertz CT molecular complexity index is 1040. The number of carbonyl (C=O) groups is 3. The number of nitrogens with zero attached hydrogens (tertiary/aromatic N) is 1. The second-order valence-corrected chi connectivity index (χ2v) is 6.97. The van der Waals surface area contributed by atoms with Crippen LogP contribution in [0.15, 0.2) is 54.1 Å². The molecule has 1 atom stereocenters. The molecule has 1 saturated heterocycles. The van der Waals surface area contributed by atoms with E-state index in [0.717, 1.165) is 0 Å². The van der Waals surface area contributed by atoms with Crippen LogP contribution in [0, 0.1) is 0 Å². The number of hydrogen-bond donors (Lipinski definition) is 2. The van der Waals surface area contributed by atoms with Gasteiger partial charge in [0, 0.05) is 18.5 Å². The second-order valence-electron chi connectivity index (χ2n) is 6.97. The van der Waals surface area contributed by atoms with Gasteiger partial charge in [-0.2, -0.15) is 0 Å². The van der Waals surface area contributed by atoms with E-state index in [1.807, 2.05) is 0 Å². The maximum absolute atomic E-state index is 12.9. The van der Waals surface area contributed by atoms with Gasteiger partial charge in [-0.1, -0.05) is 36.4 Å². The number of aliphatic hydroxyl groups is 1. The molecule has 0 saturated carbocycles. The van der Waals surface area contributed by atoms with Gasteiger partial charge in [-0.15, -0.1) is 0 Å². The van der Waals surface area contributed by atoms with Crippen molar-refractivity contribution < 1.29 is 34.1 Å². The van der Waals surface area contributed by atoms with Crippen LogP contribution in [0.3, 0.4) is 0 Å². The molecule has 2 heterocycles. The lowest BCUT2D eigenvalue weighted by Crippen LogP contribution is -2.31. The van der Waals surface area contributed by atoms with Crippen LogP contribution < -0.4 is 9.47 Å². The third kappa shape index (κ3) is 3.47. The number of ether oxygens (including phenoxy) is 2. The van der Waals surface area contributed by atoms with E-state index >= 15 is 0 Å². The molecule has 2 aliphatic heterocycles. The Labute approximate surface area is 171 Å². The van der Waals surface area contributed by atoms with Crippen molar-refractivity contribution in [2.75, 3.05) is 13.3 Å². The minimum atomic E-state index is -0.990. The molecule has 8 heteroatoms. The molecule has 154 valence electrons. The summed E-state index contributed by atoms with van der Waals surface area (Å²) in [5.74, 6) is -1.84. The summed E-state index contributed by atoms with van der Waals surface area (Å²) in [7, 11) is 0. The minimum Gasteiger partial charge on any atom is -0.507 e. The SMILES string of the molecule is O=C(O)CCCN1C(=O)C(=O)C(=C(O)c2ccccc2)[C@@H]1c1ccc2c(c1)OCO2. The second kappa shape index (κ2) is 7.90. The predicted octanol–water partition coefficient (Wildman–Crippen LogP) is 2.70. The molecule has 2 aliphatic rings. The standard InChI is InChI=1S/C22H19NO7/c24-17(25)7-4-10-23-19(14-8-9-15-16(11-14)30-12-29-15)18(21(27)22(23)28)20(26)13-5-2-1-3-6-13/h1-3,5-6,8-9,11,19,26H,4,7,10,12H2,(H,24,25)/t19-/m0/s1. The smallest absolute Gasteiger partial charge is 0.303 e. The first-order chi connectivity index (χ1) is 14.5. The third-order valence-electron chi connectivity index (χ3n) is 5.09. The summed E-state index contributed by atoms with van der Waals surface area (Å²) in [6.45, 7) is 0.128. The summed E-state index contributed by atoms with van der Waals surface area (Å²) >= 11 is 0. The van der Waals surface area contributed by atoms with E-state index in [1.165, 1.54) is 4.90 Å². The van der Waals surface area contributed by atoms with Crippen molar-refractivity contribution in [1.29, 1.82) is 0 Å². The molecule has 0 radical (unpaired) electrons. The number of amides is 1. The third-order valence-corrected chi connectivity index (χ3v) is 5.09. The number of aliphatic hydroxyl groups excluding tert-OH is 1. The number of rotatable bonds is 6. The molecular weight excluding hydrogens is 390 g/mol. The Kier molecular flexibility index (Phi) is 5.14. The molecule has 2 N–H and O–H groups in total. The van der Waals surface area contributed by atoms with Gasteiger partial charge in [0.05, 0.1) is 11.6 Å². The van der Waals surface area contributed by atoms with Crippen LogP contribution in [0.25, 0.3) is 5.76 Å². The quantitative estimate of drug-likeness (QED) is 0.428. The molecule has 4 rings (SSSR count). The summed E-state index contributed by atoms with van der Waals surface area (Å²) < 4.78 is 10.7. The highest BCUT2D eigenvalue weighted by atomic mass is 16.7. The number of aliphatic carboxylic acids is 1. The predicted molar refractivity (Wildman–Crippen MR) is 105 cm³/mol. The number of likely N-dealkylation sites (tertiary alicyclic amines) is 1. The Morgan fingerprint density at radius 3 is 2.50 bits per heavy atom. The van der Waals surface area contributed by atoms with Gasteiger partial charge in [-0.25, -0.2) is 0 Å². The fourth-order valence-corrected chi connectivity index (χ4v) is 3.69. The van der Waals surface area contributed by atoms with Crippen LogP contribution in [0.1, 0.15) is 30.0 Å². The minimum absolute atomic E-state index is 0.0413. The summed E-state index contributed by atoms with van der Waals surface area (Å²) in [6.07, 6.45) is 0.0321. The van der Waals surface area contributed by atoms with Crippen LogP contribution in [0.5, 0.6) is 11.5 Å². The van der Waals surface area contributed by atoms with E-state index in [4.69, 9.17) is 14.6 Å². The van der Waals surface area contributed by atoms with Crippen LogP contribution in [0.4, 0.5) is 0 Å². The van der Waals surface area contributed by atoms with Crippen LogP contribution in [0.2, 0.25) is 0 Å². The molecule has 0 aromatic heterocycles. The Balaban J connectivity index is 1.80. The van der Waals surface area contributed by atoms with Gasteiger partial charge in [0.25, 0.3) is 11.7 Å². The van der Waals surface area contributed by atoms with Gasteiger partial charge < -0.3 is 24.6 Å². The number of carbonyl (C=O) groups excluding carboxylic acids is 2. The highest BCUT2D eigenvalue weighted by molar-refractivity contribution is 6.46. The Morgan fingerprint density at radius 2 is 1.77 bits per heavy atom. The number of carboxylic acid groups (broad SMARTS) is 1. The van der Waals surface area contributed by atoms with Crippen molar-refractivity contribution in [3.05, 3.63) is 65.2 Å². The first kappa shape index (κ1) is 19.5. The number of carboxylic acids is 1. The molecule has 0 unspecified atom stereocenters. The largest absolute Gasteiger partial charge is 0.507 e. The summed E-state index contributed by atoms with van der Waals surface area (Å²) in [6, 6.07) is 12.7. The molecule has 8 nitrogen and oxygen atoms in total. The van der Waals surface area contributed by atoms with Gasteiger partial charge in [0.2, 0.25) is 6.79 Å². The summed E-state index contributed by atoms with van der Waals surface area (Å²) in [4.78, 5) is 37.8. The monoisotopic (exact) mass is 409 g/mol. The van der Waals surface area contributed by atoms with Crippen molar-refractivity contribution in [3.8, 4) is 11.5 Å². The summed E-state index contributed by atoms with van der Waals surface area (Å²) in [5, 5.41) is 19.8. The molecule has 0 spiro atoms. The number of Topliss-reactive ketones (excluding diaryl/α,β-unsaturated/α-hetero) is 1. The highest BCUT2D eigenvalue weighted by Crippen LogP contribution is 2.43. The molecule has 0 aliphatic carbocycles. The van der Waals surface area contributed by atoms with Gasteiger partial charge in [-0.3, -0.25) is 14.4 Å². The van der Waals surface area contributed by atoms with Gasteiger partial charge in [0.15, 0.2) is 11.5 Å². The van der Waals surface area contributed by atoms with Gasteiger partial charge in [-0.05, 0) is 24.1 Å². The van der Waals surface area contributed by atoms with Crippen LogP contribution in [-0.2, 0) is 14.4 Å². The Hall–Kier alpha value is -3.81. The van der Waals surface area contributed by atoms with E-state index in [0.29, 0.717) is 22.6 Å². The van der Waals surface area contributed by atoms with Crippen LogP contribution in [-0.4, -0.2) is 46.1 Å². The lowest BCUT2D eigenvalue weighted by Gasteiger charge is -2.25. The first-order valence-electron chi connectivity index (χ1n) is 9.42. The number of hydrogen-bond acceptors (Lipinski definition) is 6. The Morgan fingerprint density at radius 1 is 1.03 bits per heavy atom. The van der Waals surface area contributed by atoms with Crippen molar-refractivity contribution in [2.24, 2.45) is 0 Å². The van der Waals surface area contributed by atoms with E-state index in [2.05, 4.69) is 0 Å². The molecule has 1 amide bonds. The average Bonchev–Trinajstić information content (AvgIpc) is 3.31. The highest BCUT2D eigenvalue weighted by Gasteiger charge is 2.46. The maximum Gasteiger partial charge on any atom is 0.303 e. The molecule has 2 aromatic carbocycles. The molecular formula is C22H19NO7. The van der Waals surface area contributed by atoms with Gasteiger partial charge in [0.1, 0.15) is 5.76 Å². The van der Waals surface area contributed by atoms with Gasteiger partial charge >= 0.3 is 5.97 Å². The zero-order valence-electron chi connectivity index (χ0n) is 15.9. The van der Waals surface area contributed by atoms with E-state index in [1.54, 1.807) is 48.5 Å². The zero-order chi connectivity index (χ0) is 21.3. The number of fused-ring (bicyclic) bond motifs is 1. The first-order valence-corrected chi connectivity index (χ1v) is 9.42. The lowest BCUT2D eigenvalue weighted by atomic mass is 9.95. The molecule has 1 fully saturated rings. The van der Waals surface area contributed by atoms with E-state index < -0.39 is 23.7 Å². The van der Waals surface area contributed by atoms with Crippen LogP contribution >= 0.6 is 0 Å². The molecule has 2 aromatic rings. The average molecular weight is 409 g/mol. The molecule has 0 bridgehead atoms. The normalized spacial score (nSPS) is 19.3. The van der Waals surface area contributed by atoms with E-state index in [9.17, 15) is 19.5 Å². The van der Waals surface area contributed by atoms with Crippen molar-refractivity contribution in [2.45, 2.75) is 18.9 Å². The van der Waals surface area contributed by atoms with Crippen molar-refractivity contribution in [1.82, 2.24) is 4.90 Å². The topological polar surface area (TPSA) is 113 Å². The maximum atomic E-state index is 12.9. The fraction of sp³-hybridized carbons (Fsp3) is 0.227. The van der Waals surface area contributed by atoms with Crippen molar-refractivity contribution >= 4 is 23.4 Å². The summed E-state index contributed by atoms with van der Waals surface area (Å²) in [5.41, 5.74) is 0.929. The number of benzene rings is 2. The van der Waals surface area contributed by atoms with Crippen molar-refractivity contribution in [3.63, 3.8) is 0 Å². The molecule has 30 heavy (non-hydrogen) atoms. The zero-order valence-corrected chi connectivity index (χ0v) is 15.9. The fourth-order valence-electron chi connectivity index (χ4n) is 3.69. The number of ketones is 1.